The Bertz CT molecular complexity index is 1100. The van der Waals surface area contributed by atoms with E-state index in [9.17, 15) is 16.8 Å². The van der Waals surface area contributed by atoms with Gasteiger partial charge in [0.05, 0.1) is 9.79 Å². The first kappa shape index (κ1) is 26.7. The molecule has 0 spiro atoms. The molecule has 1 aliphatic rings. The van der Waals surface area contributed by atoms with Gasteiger partial charge in [0, 0.05) is 26.2 Å². The molecule has 2 aromatic rings. The van der Waals surface area contributed by atoms with E-state index in [1.54, 1.807) is 52.0 Å². The Hall–Kier alpha value is -1.90. The Labute approximate surface area is 200 Å². The lowest BCUT2D eigenvalue weighted by Gasteiger charge is -2.33. The van der Waals surface area contributed by atoms with Crippen LogP contribution in [0.4, 0.5) is 0 Å². The molecule has 12 heteroatoms. The monoisotopic (exact) mass is 514 g/mol. The van der Waals surface area contributed by atoms with Crippen LogP contribution in [0.2, 0.25) is 0 Å². The highest BCUT2D eigenvalue weighted by Gasteiger charge is 2.34. The minimum atomic E-state index is -3.82. The van der Waals surface area contributed by atoms with E-state index in [1.165, 1.54) is 32.9 Å². The van der Waals surface area contributed by atoms with E-state index in [1.807, 2.05) is 0 Å². The Kier molecular flexibility index (Phi) is 7.56. The van der Waals surface area contributed by atoms with Gasteiger partial charge in [0.2, 0.25) is 20.0 Å². The van der Waals surface area contributed by atoms with Crippen LogP contribution >= 0.6 is 0 Å². The SMILES string of the molecule is CC(C)(OO)c1ccc(S(=O)(=O)N2CCN(S(=O)(=O)c3ccc(C(C)(C)OO)cc3)CC2)cc1. The van der Waals surface area contributed by atoms with Gasteiger partial charge < -0.3 is 0 Å². The van der Waals surface area contributed by atoms with Gasteiger partial charge in [0.15, 0.2) is 0 Å². The molecule has 2 N–H and O–H groups in total. The van der Waals surface area contributed by atoms with Gasteiger partial charge in [-0.25, -0.2) is 26.6 Å². The van der Waals surface area contributed by atoms with Crippen molar-refractivity contribution < 1.29 is 37.1 Å². The van der Waals surface area contributed by atoms with Crippen LogP contribution in [0.15, 0.2) is 58.3 Å². The van der Waals surface area contributed by atoms with Gasteiger partial charge in [0.1, 0.15) is 11.2 Å². The third-order valence-corrected chi connectivity index (χ3v) is 9.85. The maximum absolute atomic E-state index is 13.0. The lowest BCUT2D eigenvalue weighted by Crippen LogP contribution is -2.50. The van der Waals surface area contributed by atoms with Gasteiger partial charge in [-0.2, -0.15) is 8.61 Å². The third kappa shape index (κ3) is 5.19. The first-order valence-corrected chi connectivity index (χ1v) is 13.5. The van der Waals surface area contributed by atoms with Gasteiger partial charge in [-0.05, 0) is 63.1 Å². The molecule has 0 saturated carbocycles. The van der Waals surface area contributed by atoms with Crippen LogP contribution in [0.25, 0.3) is 0 Å². The standard InChI is InChI=1S/C22H30N2O8S2/c1-21(2,31-25)17-5-9-19(10-6-17)33(27,28)23-13-15-24(16-14-23)34(29,30)20-11-7-18(8-12-20)22(3,4)32-26/h5-12,25-26H,13-16H2,1-4H3. The van der Waals surface area contributed by atoms with Crippen LogP contribution in [-0.2, 0) is 41.0 Å². The topological polar surface area (TPSA) is 134 Å². The first-order chi connectivity index (χ1) is 15.8. The molecule has 2 aromatic carbocycles. The molecule has 1 fully saturated rings. The van der Waals surface area contributed by atoms with Gasteiger partial charge in [-0.3, -0.25) is 10.5 Å². The van der Waals surface area contributed by atoms with Gasteiger partial charge in [-0.15, -0.1) is 0 Å². The lowest BCUT2D eigenvalue weighted by molar-refractivity contribution is -0.318. The third-order valence-electron chi connectivity index (χ3n) is 6.03. The van der Waals surface area contributed by atoms with Crippen LogP contribution < -0.4 is 0 Å². The zero-order chi connectivity index (χ0) is 25.4. The maximum Gasteiger partial charge on any atom is 0.243 e. The summed E-state index contributed by atoms with van der Waals surface area (Å²) in [6.45, 7) is 6.62. The minimum Gasteiger partial charge on any atom is -0.251 e. The Morgan fingerprint density at radius 3 is 1.12 bits per heavy atom. The molecular weight excluding hydrogens is 484 g/mol. The van der Waals surface area contributed by atoms with Crippen molar-refractivity contribution in [2.45, 2.75) is 48.7 Å². The summed E-state index contributed by atoms with van der Waals surface area (Å²) in [5, 5.41) is 18.0. The van der Waals surface area contributed by atoms with E-state index in [0.717, 1.165) is 0 Å². The average Bonchev–Trinajstić information content (AvgIpc) is 2.84. The van der Waals surface area contributed by atoms with Crippen molar-refractivity contribution in [3.05, 3.63) is 59.7 Å². The lowest BCUT2D eigenvalue weighted by atomic mass is 9.99. The molecule has 1 saturated heterocycles. The number of nitrogens with zero attached hydrogens (tertiary/aromatic N) is 2. The highest BCUT2D eigenvalue weighted by atomic mass is 32.2. The summed E-state index contributed by atoms with van der Waals surface area (Å²) in [6, 6.07) is 12.0. The van der Waals surface area contributed by atoms with Crippen LogP contribution in [0.1, 0.15) is 38.8 Å². The van der Waals surface area contributed by atoms with E-state index in [0.29, 0.717) is 11.1 Å². The highest BCUT2D eigenvalue weighted by Crippen LogP contribution is 2.28. The van der Waals surface area contributed by atoms with E-state index < -0.39 is 31.2 Å². The number of hydrogen-bond donors (Lipinski definition) is 2. The van der Waals surface area contributed by atoms with E-state index >= 15 is 0 Å². The molecule has 188 valence electrons. The number of hydrogen-bond acceptors (Lipinski definition) is 8. The van der Waals surface area contributed by atoms with Crippen LogP contribution in [0.5, 0.6) is 0 Å². The molecule has 0 aromatic heterocycles. The fraction of sp³-hybridized carbons (Fsp3) is 0.455. The molecule has 1 aliphatic heterocycles. The van der Waals surface area contributed by atoms with Crippen molar-refractivity contribution in [2.75, 3.05) is 26.2 Å². The summed E-state index contributed by atoms with van der Waals surface area (Å²) < 4.78 is 54.7. The minimum absolute atomic E-state index is 0.0119. The van der Waals surface area contributed by atoms with Crippen molar-refractivity contribution in [3.63, 3.8) is 0 Å². The summed E-state index contributed by atoms with van der Waals surface area (Å²) >= 11 is 0. The van der Waals surface area contributed by atoms with E-state index in [4.69, 9.17) is 10.5 Å². The normalized spacial score (nSPS) is 17.1. The number of rotatable bonds is 8. The van der Waals surface area contributed by atoms with Crippen molar-refractivity contribution in [1.82, 2.24) is 8.61 Å². The Balaban J connectivity index is 1.71. The first-order valence-electron chi connectivity index (χ1n) is 10.6. The Morgan fingerprint density at radius 2 is 0.882 bits per heavy atom. The van der Waals surface area contributed by atoms with Crippen molar-refractivity contribution >= 4 is 20.0 Å². The number of piperazine rings is 1. The zero-order valence-electron chi connectivity index (χ0n) is 19.5. The summed E-state index contributed by atoms with van der Waals surface area (Å²) in [6.07, 6.45) is 0. The number of sulfonamides is 2. The Morgan fingerprint density at radius 1 is 0.618 bits per heavy atom. The fourth-order valence-corrected chi connectivity index (χ4v) is 6.45. The predicted octanol–water partition coefficient (Wildman–Crippen LogP) is 2.83. The summed E-state index contributed by atoms with van der Waals surface area (Å²) in [5.74, 6) is 0. The van der Waals surface area contributed by atoms with Crippen molar-refractivity contribution in [3.8, 4) is 0 Å². The van der Waals surface area contributed by atoms with Gasteiger partial charge in [0.25, 0.3) is 0 Å². The zero-order valence-corrected chi connectivity index (χ0v) is 21.1. The van der Waals surface area contributed by atoms with Crippen molar-refractivity contribution in [1.29, 1.82) is 0 Å². The second-order valence-corrected chi connectivity index (χ2v) is 12.9. The van der Waals surface area contributed by atoms with Crippen LogP contribution in [0, 0.1) is 0 Å². The van der Waals surface area contributed by atoms with Gasteiger partial charge >= 0.3 is 0 Å². The molecule has 0 atom stereocenters. The molecule has 10 nitrogen and oxygen atoms in total. The number of benzene rings is 2. The average molecular weight is 515 g/mol. The van der Waals surface area contributed by atoms with Crippen LogP contribution in [0.3, 0.4) is 0 Å². The molecule has 0 aliphatic carbocycles. The fourth-order valence-electron chi connectivity index (χ4n) is 3.61. The van der Waals surface area contributed by atoms with E-state index in [2.05, 4.69) is 9.78 Å². The maximum atomic E-state index is 13.0. The quantitative estimate of drug-likeness (QED) is 0.406. The molecule has 0 radical (unpaired) electrons. The molecule has 1 heterocycles. The molecular formula is C22H30N2O8S2. The molecule has 0 unspecified atom stereocenters. The largest absolute Gasteiger partial charge is 0.251 e. The molecule has 0 amide bonds. The van der Waals surface area contributed by atoms with E-state index in [-0.39, 0.29) is 36.0 Å². The van der Waals surface area contributed by atoms with Crippen LogP contribution in [-0.4, -0.2) is 62.1 Å². The second kappa shape index (κ2) is 9.63. The summed E-state index contributed by atoms with van der Waals surface area (Å²) in [7, 11) is -7.64. The molecule has 3 rings (SSSR count). The molecule has 34 heavy (non-hydrogen) atoms. The highest BCUT2D eigenvalue weighted by molar-refractivity contribution is 7.89. The smallest absolute Gasteiger partial charge is 0.243 e. The van der Waals surface area contributed by atoms with Crippen molar-refractivity contribution in [2.24, 2.45) is 0 Å². The van der Waals surface area contributed by atoms with Gasteiger partial charge in [-0.1, -0.05) is 24.3 Å². The molecule has 0 bridgehead atoms. The summed E-state index contributed by atoms with van der Waals surface area (Å²) in [5.41, 5.74) is -0.766. The predicted molar refractivity (Wildman–Crippen MR) is 124 cm³/mol. The summed E-state index contributed by atoms with van der Waals surface area (Å²) in [4.78, 5) is 9.02. The second-order valence-electron chi connectivity index (χ2n) is 9.06.